The summed E-state index contributed by atoms with van der Waals surface area (Å²) < 4.78 is 26.7. The molecule has 3 aromatic rings. The maximum Gasteiger partial charge on any atom is 0.338 e. The molecule has 0 bridgehead atoms. The number of carbonyl (C=O) groups is 1. The van der Waals surface area contributed by atoms with E-state index in [2.05, 4.69) is 44.0 Å². The summed E-state index contributed by atoms with van der Waals surface area (Å²) in [5.74, 6) is -0.369. The molecule has 0 amide bonds. The number of pyridine rings is 1. The number of carboxylic acid groups (broad SMARTS) is 1. The third-order valence-corrected chi connectivity index (χ3v) is 11.0. The average molecular weight is 615 g/mol. The van der Waals surface area contributed by atoms with Gasteiger partial charge in [0.15, 0.2) is 0 Å². The number of aromatic nitrogens is 1. The van der Waals surface area contributed by atoms with Gasteiger partial charge in [-0.05, 0) is 76.8 Å². The van der Waals surface area contributed by atoms with Crippen molar-refractivity contribution in [3.05, 3.63) is 82.9 Å². The molecule has 2 atom stereocenters. The molecule has 1 spiro atoms. The summed E-state index contributed by atoms with van der Waals surface area (Å²) >= 11 is -0.469. The van der Waals surface area contributed by atoms with Crippen LogP contribution in [0.3, 0.4) is 0 Å². The molecule has 2 heterocycles. The number of aliphatic carboxylic acids is 1. The number of rotatable bonds is 7. The van der Waals surface area contributed by atoms with Crippen LogP contribution in [0.2, 0.25) is 0 Å². The molecule has 0 saturated heterocycles. The molecule has 0 radical (unpaired) electrons. The van der Waals surface area contributed by atoms with E-state index in [1.54, 1.807) is 13.3 Å². The summed E-state index contributed by atoms with van der Waals surface area (Å²) in [6.07, 6.45) is 5.60. The van der Waals surface area contributed by atoms with Crippen molar-refractivity contribution >= 4 is 30.2 Å². The lowest BCUT2D eigenvalue weighted by molar-refractivity contribution is -0.129. The first-order chi connectivity index (χ1) is 17.6. The molecular weight excluding hydrogens is 584 g/mol. The largest absolute Gasteiger partial charge is 0.489 e. The number of benzene rings is 2. The topological polar surface area (TPSA) is 68.7 Å². The van der Waals surface area contributed by atoms with Crippen LogP contribution in [0.5, 0.6) is 5.75 Å². The summed E-state index contributed by atoms with van der Waals surface area (Å²) in [6.45, 7) is 6.70. The Labute approximate surface area is 226 Å². The molecule has 0 saturated carbocycles. The maximum atomic E-state index is 14.0. The molecule has 5 nitrogen and oxygen atoms in total. The van der Waals surface area contributed by atoms with Gasteiger partial charge in [0.1, 0.15) is 18.2 Å². The first kappa shape index (κ1) is 26.0. The Morgan fingerprint density at radius 2 is 2.00 bits per heavy atom. The van der Waals surface area contributed by atoms with Crippen LogP contribution in [0.15, 0.2) is 54.9 Å². The van der Waals surface area contributed by atoms with Gasteiger partial charge in [0.05, 0.1) is 19.2 Å². The third-order valence-electron chi connectivity index (χ3n) is 7.07. The predicted octanol–water partition coefficient (Wildman–Crippen LogP) is 6.97. The quantitative estimate of drug-likeness (QED) is 0.230. The van der Waals surface area contributed by atoms with Crippen molar-refractivity contribution in [3.8, 4) is 16.9 Å². The second kappa shape index (κ2) is 9.91. The van der Waals surface area contributed by atoms with Gasteiger partial charge in [-0.3, -0.25) is 4.98 Å². The number of aryl methyl sites for hydroxylation is 1. The molecule has 7 heteroatoms. The highest BCUT2D eigenvalue weighted by atomic mass is 127. The van der Waals surface area contributed by atoms with Crippen molar-refractivity contribution in [3.63, 3.8) is 0 Å². The normalized spacial score (nSPS) is 19.4. The van der Waals surface area contributed by atoms with Crippen LogP contribution < -0.4 is 4.74 Å². The first-order valence-corrected chi connectivity index (χ1v) is 14.6. The molecule has 1 aromatic heterocycles. The Kier molecular flexibility index (Phi) is 6.96. The van der Waals surface area contributed by atoms with E-state index < -0.39 is 26.7 Å². The lowest BCUT2D eigenvalue weighted by atomic mass is 9.81. The Bertz CT molecular complexity index is 1400. The van der Waals surface area contributed by atoms with E-state index in [0.29, 0.717) is 12.2 Å². The molecule has 0 unspecified atom stereocenters. The molecule has 0 fully saturated rings. The Hall–Kier alpha value is -2.65. The van der Waals surface area contributed by atoms with E-state index in [4.69, 9.17) is 9.47 Å². The van der Waals surface area contributed by atoms with Gasteiger partial charge in [-0.2, -0.15) is 0 Å². The molecule has 2 aliphatic rings. The average Bonchev–Trinajstić information content (AvgIpc) is 3.58. The summed E-state index contributed by atoms with van der Waals surface area (Å²) in [7, 11) is 1.69. The second-order valence-electron chi connectivity index (χ2n) is 10.8. The fourth-order valence-electron chi connectivity index (χ4n) is 5.42. The molecule has 194 valence electrons. The Morgan fingerprint density at radius 1 is 1.19 bits per heavy atom. The zero-order chi connectivity index (χ0) is 26.4. The minimum Gasteiger partial charge on any atom is -0.489 e. The predicted molar refractivity (Wildman–Crippen MR) is 151 cm³/mol. The van der Waals surface area contributed by atoms with Crippen LogP contribution in [0.1, 0.15) is 62.0 Å². The van der Waals surface area contributed by atoms with E-state index in [-0.39, 0.29) is 20.8 Å². The number of hydrogen-bond donors (Lipinski definition) is 1. The van der Waals surface area contributed by atoms with Crippen LogP contribution >= 0.6 is 20.7 Å². The highest BCUT2D eigenvalue weighted by Crippen LogP contribution is 2.60. The summed E-state index contributed by atoms with van der Waals surface area (Å²) in [5.41, 5.74) is 5.72. The highest BCUT2D eigenvalue weighted by Gasteiger charge is 2.53. The number of carboxylic acids is 1. The first-order valence-electron chi connectivity index (χ1n) is 12.4. The number of hydrogen-bond acceptors (Lipinski definition) is 4. The van der Waals surface area contributed by atoms with Gasteiger partial charge in [0.2, 0.25) is 0 Å². The van der Waals surface area contributed by atoms with Crippen molar-refractivity contribution in [2.24, 2.45) is 5.41 Å². The van der Waals surface area contributed by atoms with E-state index in [1.807, 2.05) is 18.2 Å². The fourth-order valence-corrected chi connectivity index (χ4v) is 8.67. The zero-order valence-electron chi connectivity index (χ0n) is 21.5. The maximum absolute atomic E-state index is 14.0. The van der Waals surface area contributed by atoms with E-state index >= 15 is 0 Å². The highest BCUT2D eigenvalue weighted by molar-refractivity contribution is 14.2. The zero-order valence-corrected chi connectivity index (χ0v) is 23.6. The van der Waals surface area contributed by atoms with E-state index in [9.17, 15) is 14.3 Å². The lowest BCUT2D eigenvalue weighted by Crippen LogP contribution is -2.26. The minimum atomic E-state index is -0.736. The SMILES string of the molecule is CO[C@H](c1cc(COc2ccc3c(c2)[C@@]2(CCC3)I=C2C(=O)O)ccc1-c1cncc(F)c1)C(C)(C)C. The van der Waals surface area contributed by atoms with Gasteiger partial charge < -0.3 is 14.6 Å². The molecule has 1 aliphatic heterocycles. The second-order valence-corrected chi connectivity index (χ2v) is 14.2. The molecule has 1 N–H and O–H groups in total. The summed E-state index contributed by atoms with van der Waals surface area (Å²) in [6, 6.07) is 13.7. The monoisotopic (exact) mass is 615 g/mol. The number of fused-ring (bicyclic) bond motifs is 2. The van der Waals surface area contributed by atoms with Crippen molar-refractivity contribution in [1.29, 1.82) is 0 Å². The van der Waals surface area contributed by atoms with Crippen molar-refractivity contribution in [2.45, 2.75) is 56.2 Å². The van der Waals surface area contributed by atoms with Crippen molar-refractivity contribution in [1.82, 2.24) is 4.98 Å². The lowest BCUT2D eigenvalue weighted by Gasteiger charge is -2.31. The summed E-state index contributed by atoms with van der Waals surface area (Å²) in [4.78, 5) is 15.7. The van der Waals surface area contributed by atoms with Gasteiger partial charge in [0.25, 0.3) is 0 Å². The van der Waals surface area contributed by atoms with Gasteiger partial charge >= 0.3 is 5.97 Å². The number of ether oxygens (including phenoxy) is 2. The van der Waals surface area contributed by atoms with Gasteiger partial charge in [-0.25, -0.2) is 9.18 Å². The van der Waals surface area contributed by atoms with Crippen LogP contribution in [-0.2, 0) is 26.0 Å². The number of methoxy groups -OCH3 is 1. The third kappa shape index (κ3) is 5.08. The molecule has 37 heavy (non-hydrogen) atoms. The van der Waals surface area contributed by atoms with Gasteiger partial charge in [-0.1, -0.05) is 59.7 Å². The number of nitrogens with zero attached hydrogens (tertiary/aromatic N) is 1. The molecule has 5 rings (SSSR count). The Morgan fingerprint density at radius 3 is 2.68 bits per heavy atom. The van der Waals surface area contributed by atoms with Gasteiger partial charge in [0, 0.05) is 18.9 Å². The fraction of sp³-hybridized carbons (Fsp3) is 0.367. The van der Waals surface area contributed by atoms with Crippen molar-refractivity contribution < 1.29 is 23.8 Å². The van der Waals surface area contributed by atoms with E-state index in [0.717, 1.165) is 50.8 Å². The van der Waals surface area contributed by atoms with Crippen LogP contribution in [0.25, 0.3) is 11.1 Å². The molecular formula is C30H31FINO4. The van der Waals surface area contributed by atoms with Crippen LogP contribution in [0, 0.1) is 11.2 Å². The standard InChI is InChI=1S/C30H31FINO4/c1-29(2,3)27(36-4)24-12-18(7-10-23(24)20-13-21(31)16-33-15-20)17-37-22-9-8-19-6-5-11-30(25(19)14-22)26(32-30)28(34)35/h7-10,12-16,27H,5-6,11,17H2,1-4H3,(H,34,35)/t27-,30-/m1/s1. The van der Waals surface area contributed by atoms with Gasteiger partial charge in [-0.15, -0.1) is 0 Å². The smallest absolute Gasteiger partial charge is 0.338 e. The molecule has 1 aliphatic carbocycles. The van der Waals surface area contributed by atoms with Crippen molar-refractivity contribution in [2.75, 3.05) is 7.11 Å². The summed E-state index contributed by atoms with van der Waals surface area (Å²) in [5, 5.41) is 9.61. The molecule has 2 aromatic carbocycles. The Balaban J connectivity index is 1.44. The number of alkyl halides is 1. The van der Waals surface area contributed by atoms with Crippen LogP contribution in [-0.4, -0.2) is 26.7 Å². The minimum absolute atomic E-state index is 0.192. The van der Waals surface area contributed by atoms with E-state index in [1.165, 1.54) is 17.8 Å². The number of halogens is 2. The van der Waals surface area contributed by atoms with Crippen LogP contribution in [0.4, 0.5) is 4.39 Å².